The summed E-state index contributed by atoms with van der Waals surface area (Å²) in [6.45, 7) is 4.85. The highest BCUT2D eigenvalue weighted by Gasteiger charge is 2.03. The Labute approximate surface area is 63.0 Å². The molecule has 0 bridgehead atoms. The molecule has 1 atom stereocenters. The lowest BCUT2D eigenvalue weighted by atomic mass is 9.97. The van der Waals surface area contributed by atoms with Gasteiger partial charge in [-0.3, -0.25) is 0 Å². The summed E-state index contributed by atoms with van der Waals surface area (Å²) >= 11 is 0. The van der Waals surface area contributed by atoms with Crippen LogP contribution in [-0.4, -0.2) is 6.54 Å². The van der Waals surface area contributed by atoms with Crippen LogP contribution in [0.5, 0.6) is 0 Å². The molecule has 0 aliphatic rings. The predicted octanol–water partition coefficient (Wildman–Crippen LogP) is 2.97. The number of hydrogen-bond acceptors (Lipinski definition) is 2. The van der Waals surface area contributed by atoms with Gasteiger partial charge in [0.2, 0.25) is 0 Å². The van der Waals surface area contributed by atoms with E-state index in [0.29, 0.717) is 6.54 Å². The second-order valence-corrected chi connectivity index (χ2v) is 2.70. The zero-order chi connectivity index (χ0) is 7.82. The van der Waals surface area contributed by atoms with E-state index in [2.05, 4.69) is 19.0 Å². The molecular formula is C8H17NO. The Morgan fingerprint density at radius 1 is 1.30 bits per heavy atom. The van der Waals surface area contributed by atoms with Gasteiger partial charge in [0.05, 0.1) is 6.54 Å². The van der Waals surface area contributed by atoms with E-state index < -0.39 is 0 Å². The van der Waals surface area contributed by atoms with Crippen molar-refractivity contribution in [3.8, 4) is 0 Å². The Balaban J connectivity index is 3.29. The van der Waals surface area contributed by atoms with Gasteiger partial charge in [-0.15, -0.1) is 0 Å². The molecule has 0 heterocycles. The van der Waals surface area contributed by atoms with E-state index in [9.17, 15) is 4.91 Å². The predicted molar refractivity (Wildman–Crippen MR) is 44.0 cm³/mol. The standard InChI is InChI=1S/C8H17NO/c1-3-5-8(4-2)6-7-9-10/h8H,3-7H2,1-2H3/t8-/m1/s1. The van der Waals surface area contributed by atoms with Crippen molar-refractivity contribution in [1.82, 2.24) is 0 Å². The molecule has 0 rings (SSSR count). The van der Waals surface area contributed by atoms with Gasteiger partial charge in [-0.05, 0) is 12.3 Å². The molecule has 60 valence electrons. The molecule has 0 amide bonds. The Morgan fingerprint density at radius 3 is 2.40 bits per heavy atom. The van der Waals surface area contributed by atoms with Crippen LogP contribution >= 0.6 is 0 Å². The van der Waals surface area contributed by atoms with Crippen LogP contribution in [0.2, 0.25) is 0 Å². The van der Waals surface area contributed by atoms with E-state index >= 15 is 0 Å². The molecule has 10 heavy (non-hydrogen) atoms. The summed E-state index contributed by atoms with van der Waals surface area (Å²) in [5, 5.41) is 2.86. The monoisotopic (exact) mass is 143 g/mol. The Bertz CT molecular complexity index is 83.3. The first-order valence-corrected chi connectivity index (χ1v) is 4.14. The van der Waals surface area contributed by atoms with Crippen LogP contribution in [0.3, 0.4) is 0 Å². The van der Waals surface area contributed by atoms with Gasteiger partial charge in [0.25, 0.3) is 0 Å². The molecule has 0 N–H and O–H groups in total. The van der Waals surface area contributed by atoms with Crippen molar-refractivity contribution in [2.45, 2.75) is 39.5 Å². The van der Waals surface area contributed by atoms with Crippen LogP contribution in [0, 0.1) is 10.8 Å². The highest BCUT2D eigenvalue weighted by molar-refractivity contribution is 4.57. The van der Waals surface area contributed by atoms with Gasteiger partial charge in [-0.2, -0.15) is 4.91 Å². The molecule has 0 saturated carbocycles. The van der Waals surface area contributed by atoms with Gasteiger partial charge >= 0.3 is 0 Å². The van der Waals surface area contributed by atoms with E-state index in [-0.39, 0.29) is 0 Å². The topological polar surface area (TPSA) is 29.4 Å². The number of nitroso groups, excluding NO2 is 1. The van der Waals surface area contributed by atoms with Crippen molar-refractivity contribution >= 4 is 0 Å². The second-order valence-electron chi connectivity index (χ2n) is 2.70. The number of rotatable bonds is 6. The first-order valence-electron chi connectivity index (χ1n) is 4.14. The maximum absolute atomic E-state index is 9.78. The Kier molecular flexibility index (Phi) is 6.45. The first kappa shape index (κ1) is 9.60. The van der Waals surface area contributed by atoms with Crippen molar-refractivity contribution in [3.63, 3.8) is 0 Å². The van der Waals surface area contributed by atoms with Gasteiger partial charge in [0, 0.05) is 0 Å². The largest absolute Gasteiger partial charge is 0.151 e. The van der Waals surface area contributed by atoms with Gasteiger partial charge in [-0.1, -0.05) is 38.3 Å². The van der Waals surface area contributed by atoms with Gasteiger partial charge in [0.1, 0.15) is 0 Å². The van der Waals surface area contributed by atoms with E-state index in [1.54, 1.807) is 0 Å². The van der Waals surface area contributed by atoms with Crippen molar-refractivity contribution in [1.29, 1.82) is 0 Å². The summed E-state index contributed by atoms with van der Waals surface area (Å²) in [6.07, 6.45) is 4.63. The average Bonchev–Trinajstić information content (AvgIpc) is 1.98. The third kappa shape index (κ3) is 4.48. The van der Waals surface area contributed by atoms with Gasteiger partial charge < -0.3 is 0 Å². The zero-order valence-corrected chi connectivity index (χ0v) is 6.97. The third-order valence-corrected chi connectivity index (χ3v) is 1.90. The quantitative estimate of drug-likeness (QED) is 0.525. The van der Waals surface area contributed by atoms with E-state index in [1.165, 1.54) is 19.3 Å². The lowest BCUT2D eigenvalue weighted by molar-refractivity contribution is 0.438. The summed E-state index contributed by atoms with van der Waals surface area (Å²) in [5.41, 5.74) is 0. The molecule has 0 aliphatic carbocycles. The minimum Gasteiger partial charge on any atom is -0.151 e. The fourth-order valence-corrected chi connectivity index (χ4v) is 1.20. The minimum absolute atomic E-state index is 0.499. The van der Waals surface area contributed by atoms with Gasteiger partial charge in [-0.25, -0.2) is 0 Å². The Morgan fingerprint density at radius 2 is 2.00 bits per heavy atom. The molecule has 0 aromatic rings. The summed E-state index contributed by atoms with van der Waals surface area (Å²) < 4.78 is 0. The molecule has 0 spiro atoms. The SMILES string of the molecule is CCC[C@@H](CC)CCN=O. The summed E-state index contributed by atoms with van der Waals surface area (Å²) in [6, 6.07) is 0. The highest BCUT2D eigenvalue weighted by Crippen LogP contribution is 2.14. The lowest BCUT2D eigenvalue weighted by Crippen LogP contribution is -1.99. The molecule has 0 fully saturated rings. The lowest BCUT2D eigenvalue weighted by Gasteiger charge is -2.09. The minimum atomic E-state index is 0.499. The molecule has 0 aromatic carbocycles. The molecule has 0 unspecified atom stereocenters. The number of hydrogen-bond donors (Lipinski definition) is 0. The average molecular weight is 143 g/mol. The van der Waals surface area contributed by atoms with E-state index in [4.69, 9.17) is 0 Å². The van der Waals surface area contributed by atoms with E-state index in [0.717, 1.165) is 12.3 Å². The smallest absolute Gasteiger partial charge is 0.0813 e. The molecule has 0 aliphatic heterocycles. The second kappa shape index (κ2) is 6.72. The molecule has 0 radical (unpaired) electrons. The van der Waals surface area contributed by atoms with Crippen LogP contribution in [0.15, 0.2) is 5.18 Å². The molecule has 2 heteroatoms. The Hall–Kier alpha value is -0.400. The third-order valence-electron chi connectivity index (χ3n) is 1.90. The maximum atomic E-state index is 9.78. The molecular weight excluding hydrogens is 126 g/mol. The summed E-state index contributed by atoms with van der Waals surface area (Å²) in [4.78, 5) is 9.78. The summed E-state index contributed by atoms with van der Waals surface area (Å²) in [7, 11) is 0. The van der Waals surface area contributed by atoms with Crippen LogP contribution in [-0.2, 0) is 0 Å². The van der Waals surface area contributed by atoms with Crippen LogP contribution in [0.1, 0.15) is 39.5 Å². The van der Waals surface area contributed by atoms with Crippen molar-refractivity contribution < 1.29 is 0 Å². The van der Waals surface area contributed by atoms with Crippen molar-refractivity contribution in [3.05, 3.63) is 4.91 Å². The molecule has 0 saturated heterocycles. The zero-order valence-electron chi connectivity index (χ0n) is 6.97. The molecule has 0 aromatic heterocycles. The van der Waals surface area contributed by atoms with Gasteiger partial charge in [0.15, 0.2) is 0 Å². The maximum Gasteiger partial charge on any atom is 0.0813 e. The summed E-state index contributed by atoms with van der Waals surface area (Å²) in [5.74, 6) is 0.725. The fourth-order valence-electron chi connectivity index (χ4n) is 1.20. The fraction of sp³-hybridized carbons (Fsp3) is 1.00. The highest BCUT2D eigenvalue weighted by atomic mass is 16.3. The number of nitrogens with zero attached hydrogens (tertiary/aromatic N) is 1. The van der Waals surface area contributed by atoms with Crippen LogP contribution < -0.4 is 0 Å². The van der Waals surface area contributed by atoms with Crippen molar-refractivity contribution in [2.24, 2.45) is 11.1 Å². The van der Waals surface area contributed by atoms with E-state index in [1.807, 2.05) is 0 Å². The normalized spacial score (nSPS) is 13.0. The van der Waals surface area contributed by atoms with Crippen molar-refractivity contribution in [2.75, 3.05) is 6.54 Å². The first-order chi connectivity index (χ1) is 4.85. The van der Waals surface area contributed by atoms with Crippen LogP contribution in [0.25, 0.3) is 0 Å². The van der Waals surface area contributed by atoms with Crippen LogP contribution in [0.4, 0.5) is 0 Å². The molecule has 2 nitrogen and oxygen atoms in total.